The summed E-state index contributed by atoms with van der Waals surface area (Å²) in [5, 5.41) is 28.0. The van der Waals surface area contributed by atoms with Crippen LogP contribution in [0.15, 0.2) is 42.5 Å². The van der Waals surface area contributed by atoms with E-state index in [1.807, 2.05) is 24.3 Å². The van der Waals surface area contributed by atoms with Crippen molar-refractivity contribution in [3.63, 3.8) is 0 Å². The molecule has 0 bridgehead atoms. The zero-order valence-corrected chi connectivity index (χ0v) is 11.2. The molecule has 0 saturated carbocycles. The molecule has 2 aromatic carbocycles. The molecule has 100 valence electrons. The first kappa shape index (κ1) is 13.7. The lowest BCUT2D eigenvalue weighted by Crippen LogP contribution is -1.84. The Morgan fingerprint density at radius 1 is 1.10 bits per heavy atom. The standard InChI is InChI=1S/C17H15NO2/c1-2-12-3-5-13(6-4-12)9-15(11-18)14-7-8-16(19)17(20)10-14/h3-10,19-20H,2H2,1H3. The van der Waals surface area contributed by atoms with Crippen LogP contribution in [0, 0.1) is 11.3 Å². The van der Waals surface area contributed by atoms with E-state index < -0.39 is 0 Å². The number of nitriles is 1. The minimum atomic E-state index is -0.231. The molecule has 2 N–H and O–H groups in total. The Hall–Kier alpha value is -2.73. The fraction of sp³-hybridized carbons (Fsp3) is 0.118. The highest BCUT2D eigenvalue weighted by Crippen LogP contribution is 2.28. The minimum absolute atomic E-state index is 0.196. The van der Waals surface area contributed by atoms with Gasteiger partial charge in [0.2, 0.25) is 0 Å². The first-order valence-electron chi connectivity index (χ1n) is 6.37. The van der Waals surface area contributed by atoms with Crippen molar-refractivity contribution in [3.8, 4) is 17.6 Å². The molecule has 0 aliphatic rings. The molecule has 0 heterocycles. The van der Waals surface area contributed by atoms with E-state index in [4.69, 9.17) is 0 Å². The highest BCUT2D eigenvalue weighted by Gasteiger charge is 2.05. The second-order valence-electron chi connectivity index (χ2n) is 4.47. The fourth-order valence-electron chi connectivity index (χ4n) is 1.89. The normalized spacial score (nSPS) is 11.1. The van der Waals surface area contributed by atoms with E-state index in [1.54, 1.807) is 12.1 Å². The molecule has 0 radical (unpaired) electrons. The molecular weight excluding hydrogens is 250 g/mol. The molecule has 2 aromatic rings. The molecule has 0 spiro atoms. The summed E-state index contributed by atoms with van der Waals surface area (Å²) < 4.78 is 0. The second-order valence-corrected chi connectivity index (χ2v) is 4.47. The largest absolute Gasteiger partial charge is 0.504 e. The highest BCUT2D eigenvalue weighted by molar-refractivity contribution is 5.90. The van der Waals surface area contributed by atoms with Gasteiger partial charge in [0.05, 0.1) is 11.6 Å². The van der Waals surface area contributed by atoms with Crippen molar-refractivity contribution in [2.45, 2.75) is 13.3 Å². The monoisotopic (exact) mass is 265 g/mol. The van der Waals surface area contributed by atoms with Gasteiger partial charge >= 0.3 is 0 Å². The van der Waals surface area contributed by atoms with Crippen LogP contribution >= 0.6 is 0 Å². The summed E-state index contributed by atoms with van der Waals surface area (Å²) in [7, 11) is 0. The molecule has 20 heavy (non-hydrogen) atoms. The van der Waals surface area contributed by atoms with Gasteiger partial charge in [0, 0.05) is 0 Å². The summed E-state index contributed by atoms with van der Waals surface area (Å²) in [5.41, 5.74) is 3.17. The van der Waals surface area contributed by atoms with Crippen molar-refractivity contribution in [2.75, 3.05) is 0 Å². The number of phenols is 2. The Morgan fingerprint density at radius 3 is 2.35 bits per heavy atom. The summed E-state index contributed by atoms with van der Waals surface area (Å²) in [6.07, 6.45) is 2.73. The van der Waals surface area contributed by atoms with Crippen molar-refractivity contribution < 1.29 is 10.2 Å². The average Bonchev–Trinajstić information content (AvgIpc) is 2.48. The number of phenolic OH excluding ortho intramolecular Hbond substituents is 2. The molecule has 0 fully saturated rings. The third-order valence-electron chi connectivity index (χ3n) is 3.11. The van der Waals surface area contributed by atoms with Crippen molar-refractivity contribution >= 4 is 11.6 Å². The molecular formula is C17H15NO2. The van der Waals surface area contributed by atoms with Gasteiger partial charge in [0.25, 0.3) is 0 Å². The lowest BCUT2D eigenvalue weighted by molar-refractivity contribution is 0.403. The molecule has 2 rings (SSSR count). The predicted molar refractivity (Wildman–Crippen MR) is 79.1 cm³/mol. The molecule has 0 atom stereocenters. The van der Waals surface area contributed by atoms with E-state index in [2.05, 4.69) is 13.0 Å². The maximum absolute atomic E-state index is 9.49. The molecule has 0 aromatic heterocycles. The SMILES string of the molecule is CCc1ccc(C=C(C#N)c2ccc(O)c(O)c2)cc1. The number of hydrogen-bond acceptors (Lipinski definition) is 3. The third kappa shape index (κ3) is 2.99. The zero-order valence-electron chi connectivity index (χ0n) is 11.2. The third-order valence-corrected chi connectivity index (χ3v) is 3.11. The molecule has 0 aliphatic heterocycles. The Kier molecular flexibility index (Phi) is 4.07. The van der Waals surface area contributed by atoms with Gasteiger partial charge in [-0.3, -0.25) is 0 Å². The molecule has 0 aliphatic carbocycles. The van der Waals surface area contributed by atoms with Crippen LogP contribution in [-0.4, -0.2) is 10.2 Å². The highest BCUT2D eigenvalue weighted by atomic mass is 16.3. The van der Waals surface area contributed by atoms with Crippen LogP contribution in [0.1, 0.15) is 23.6 Å². The predicted octanol–water partition coefficient (Wildman–Crippen LogP) is 3.72. The van der Waals surface area contributed by atoms with Gasteiger partial charge in [-0.2, -0.15) is 5.26 Å². The van der Waals surface area contributed by atoms with Crippen molar-refractivity contribution in [1.29, 1.82) is 5.26 Å². The van der Waals surface area contributed by atoms with Crippen LogP contribution in [0.4, 0.5) is 0 Å². The van der Waals surface area contributed by atoms with Gasteiger partial charge in [-0.05, 0) is 47.4 Å². The summed E-state index contributed by atoms with van der Waals surface area (Å²) in [6, 6.07) is 14.4. The number of aromatic hydroxyl groups is 2. The summed E-state index contributed by atoms with van der Waals surface area (Å²) >= 11 is 0. The molecule has 3 heteroatoms. The van der Waals surface area contributed by atoms with Crippen molar-refractivity contribution in [2.24, 2.45) is 0 Å². The second kappa shape index (κ2) is 5.94. The van der Waals surface area contributed by atoms with E-state index in [0.29, 0.717) is 11.1 Å². The fourth-order valence-corrected chi connectivity index (χ4v) is 1.89. The van der Waals surface area contributed by atoms with E-state index in [0.717, 1.165) is 12.0 Å². The summed E-state index contributed by atoms with van der Waals surface area (Å²) in [6.45, 7) is 2.09. The Morgan fingerprint density at radius 2 is 1.80 bits per heavy atom. The topological polar surface area (TPSA) is 64.2 Å². The van der Waals surface area contributed by atoms with E-state index in [-0.39, 0.29) is 11.5 Å². The Bertz CT molecular complexity index is 679. The van der Waals surface area contributed by atoms with Crippen molar-refractivity contribution in [1.82, 2.24) is 0 Å². The molecule has 0 amide bonds. The maximum atomic E-state index is 9.49. The number of rotatable bonds is 3. The lowest BCUT2D eigenvalue weighted by Gasteiger charge is -2.03. The first-order valence-corrected chi connectivity index (χ1v) is 6.37. The molecule has 0 saturated heterocycles. The minimum Gasteiger partial charge on any atom is -0.504 e. The van der Waals surface area contributed by atoms with Crippen molar-refractivity contribution in [3.05, 3.63) is 59.2 Å². The zero-order chi connectivity index (χ0) is 14.5. The lowest BCUT2D eigenvalue weighted by atomic mass is 10.0. The average molecular weight is 265 g/mol. The van der Waals surface area contributed by atoms with Gasteiger partial charge in [0.15, 0.2) is 11.5 Å². The van der Waals surface area contributed by atoms with Crippen LogP contribution in [-0.2, 0) is 6.42 Å². The summed E-state index contributed by atoms with van der Waals surface area (Å²) in [5.74, 6) is -0.427. The Balaban J connectivity index is 2.37. The number of nitrogens with zero attached hydrogens (tertiary/aromatic N) is 1. The van der Waals surface area contributed by atoms with Gasteiger partial charge in [0.1, 0.15) is 0 Å². The number of benzene rings is 2. The van der Waals surface area contributed by atoms with E-state index >= 15 is 0 Å². The number of aryl methyl sites for hydroxylation is 1. The Labute approximate surface area is 118 Å². The van der Waals surface area contributed by atoms with Gasteiger partial charge in [-0.15, -0.1) is 0 Å². The van der Waals surface area contributed by atoms with E-state index in [9.17, 15) is 15.5 Å². The quantitative estimate of drug-likeness (QED) is 0.505. The van der Waals surface area contributed by atoms with Crippen LogP contribution in [0.25, 0.3) is 11.6 Å². The van der Waals surface area contributed by atoms with Gasteiger partial charge in [-0.25, -0.2) is 0 Å². The number of allylic oxidation sites excluding steroid dienone is 1. The van der Waals surface area contributed by atoms with Gasteiger partial charge < -0.3 is 10.2 Å². The van der Waals surface area contributed by atoms with Crippen LogP contribution in [0.2, 0.25) is 0 Å². The van der Waals surface area contributed by atoms with Crippen LogP contribution in [0.3, 0.4) is 0 Å². The number of hydrogen-bond donors (Lipinski definition) is 2. The van der Waals surface area contributed by atoms with Crippen LogP contribution < -0.4 is 0 Å². The first-order chi connectivity index (χ1) is 9.63. The maximum Gasteiger partial charge on any atom is 0.158 e. The van der Waals surface area contributed by atoms with Gasteiger partial charge in [-0.1, -0.05) is 31.2 Å². The smallest absolute Gasteiger partial charge is 0.158 e. The molecule has 0 unspecified atom stereocenters. The molecule has 3 nitrogen and oxygen atoms in total. The van der Waals surface area contributed by atoms with E-state index in [1.165, 1.54) is 17.7 Å². The van der Waals surface area contributed by atoms with Crippen LogP contribution in [0.5, 0.6) is 11.5 Å². The summed E-state index contributed by atoms with van der Waals surface area (Å²) in [4.78, 5) is 0.